The van der Waals surface area contributed by atoms with Gasteiger partial charge < -0.3 is 0 Å². The second-order valence-corrected chi connectivity index (χ2v) is 6.77. The zero-order chi connectivity index (χ0) is 19.0. The van der Waals surface area contributed by atoms with E-state index in [0.29, 0.717) is 0 Å². The molecular weight excluding hydrogens is 348 g/mol. The van der Waals surface area contributed by atoms with Gasteiger partial charge >= 0.3 is 0 Å². The fraction of sp³-hybridized carbons (Fsp3) is 0.273. The van der Waals surface area contributed by atoms with Crippen molar-refractivity contribution in [1.29, 1.82) is 0 Å². The van der Waals surface area contributed by atoms with Gasteiger partial charge in [-0.05, 0) is 49.2 Å². The van der Waals surface area contributed by atoms with Crippen LogP contribution in [0.4, 0.5) is 0 Å². The minimum absolute atomic E-state index is 0.922. The van der Waals surface area contributed by atoms with Crippen LogP contribution in [0.3, 0.4) is 0 Å². The Balaban J connectivity index is 1.16. The van der Waals surface area contributed by atoms with Gasteiger partial charge in [-0.1, -0.05) is 25.0 Å². The van der Waals surface area contributed by atoms with Crippen LogP contribution in [0.15, 0.2) is 73.3 Å². The quantitative estimate of drug-likeness (QED) is 0.407. The Labute approximate surface area is 164 Å². The maximum Gasteiger partial charge on any atom is 0.111 e. The first-order chi connectivity index (χ1) is 13.9. The van der Waals surface area contributed by atoms with Gasteiger partial charge in [-0.25, -0.2) is 0 Å². The van der Waals surface area contributed by atoms with Crippen LogP contribution >= 0.6 is 0 Å². The zero-order valence-corrected chi connectivity index (χ0v) is 15.9. The topological polar surface area (TPSA) is 61.4 Å². The van der Waals surface area contributed by atoms with Crippen molar-refractivity contribution >= 4 is 0 Å². The van der Waals surface area contributed by atoms with Crippen molar-refractivity contribution in [3.8, 4) is 22.8 Å². The summed E-state index contributed by atoms with van der Waals surface area (Å²) in [4.78, 5) is 8.69. The summed E-state index contributed by atoms with van der Waals surface area (Å²) in [6, 6.07) is 15.8. The Kier molecular flexibility index (Phi) is 5.87. The summed E-state index contributed by atoms with van der Waals surface area (Å²) in [6.07, 6.45) is 12.3. The standard InChI is InChI=1S/C22H24N6/c1(7-15-27-17-11-21(25-27)19-9-3-5-13-23-19)2-8-16-28-18-12-22(26-28)20-10-4-6-14-24-20/h3-6,9-14,17-18H,1-2,7-8,15-16H2. The summed E-state index contributed by atoms with van der Waals surface area (Å²) in [7, 11) is 0. The highest BCUT2D eigenvalue weighted by atomic mass is 15.3. The van der Waals surface area contributed by atoms with E-state index in [4.69, 9.17) is 0 Å². The van der Waals surface area contributed by atoms with Crippen molar-refractivity contribution in [3.63, 3.8) is 0 Å². The number of nitrogens with zero attached hydrogens (tertiary/aromatic N) is 6. The van der Waals surface area contributed by atoms with Gasteiger partial charge in [0, 0.05) is 37.9 Å². The molecule has 28 heavy (non-hydrogen) atoms. The van der Waals surface area contributed by atoms with E-state index >= 15 is 0 Å². The Hall–Kier alpha value is -3.28. The molecule has 0 bridgehead atoms. The van der Waals surface area contributed by atoms with Gasteiger partial charge in [-0.3, -0.25) is 19.3 Å². The van der Waals surface area contributed by atoms with Crippen molar-refractivity contribution in [1.82, 2.24) is 29.5 Å². The molecule has 0 atom stereocenters. The lowest BCUT2D eigenvalue weighted by Crippen LogP contribution is -2.01. The highest BCUT2D eigenvalue weighted by Crippen LogP contribution is 2.15. The molecule has 4 aromatic rings. The molecule has 0 unspecified atom stereocenters. The van der Waals surface area contributed by atoms with E-state index < -0.39 is 0 Å². The molecule has 0 saturated heterocycles. The maximum atomic E-state index is 4.61. The Bertz CT molecular complexity index is 893. The molecule has 4 aromatic heterocycles. The average molecular weight is 372 g/mol. The molecule has 0 saturated carbocycles. The predicted octanol–water partition coefficient (Wildman–Crippen LogP) is 4.46. The fourth-order valence-corrected chi connectivity index (χ4v) is 3.18. The monoisotopic (exact) mass is 372 g/mol. The molecule has 6 heteroatoms. The Morgan fingerprint density at radius 1 is 0.536 bits per heavy atom. The molecule has 6 nitrogen and oxygen atoms in total. The molecule has 0 spiro atoms. The van der Waals surface area contributed by atoms with E-state index in [0.717, 1.165) is 48.7 Å². The molecule has 4 heterocycles. The van der Waals surface area contributed by atoms with E-state index in [1.165, 1.54) is 12.8 Å². The van der Waals surface area contributed by atoms with E-state index in [1.54, 1.807) is 12.4 Å². The van der Waals surface area contributed by atoms with Crippen LogP contribution in [-0.4, -0.2) is 29.5 Å². The first-order valence-electron chi connectivity index (χ1n) is 9.78. The SMILES string of the molecule is c1ccc(-c2ccn(CCCCCCn3ccc(-c4ccccn4)n3)n2)nc1. The molecule has 0 aromatic carbocycles. The first-order valence-corrected chi connectivity index (χ1v) is 9.78. The normalized spacial score (nSPS) is 11.0. The van der Waals surface area contributed by atoms with Crippen molar-refractivity contribution in [3.05, 3.63) is 73.3 Å². The zero-order valence-electron chi connectivity index (χ0n) is 15.9. The smallest absolute Gasteiger partial charge is 0.111 e. The number of hydrogen-bond acceptors (Lipinski definition) is 4. The van der Waals surface area contributed by atoms with E-state index in [2.05, 4.69) is 20.2 Å². The van der Waals surface area contributed by atoms with Crippen molar-refractivity contribution in [2.75, 3.05) is 0 Å². The molecule has 0 aliphatic rings. The molecule has 0 fully saturated rings. The first kappa shape index (κ1) is 18.1. The molecule has 0 radical (unpaired) electrons. The van der Waals surface area contributed by atoms with Gasteiger partial charge in [-0.15, -0.1) is 0 Å². The molecule has 0 N–H and O–H groups in total. The fourth-order valence-electron chi connectivity index (χ4n) is 3.18. The van der Waals surface area contributed by atoms with Crippen LogP contribution in [0.1, 0.15) is 25.7 Å². The van der Waals surface area contributed by atoms with Crippen molar-refractivity contribution in [2.24, 2.45) is 0 Å². The summed E-state index contributed by atoms with van der Waals surface area (Å²) in [5.41, 5.74) is 3.71. The van der Waals surface area contributed by atoms with Gasteiger partial charge in [-0.2, -0.15) is 10.2 Å². The predicted molar refractivity (Wildman–Crippen MR) is 109 cm³/mol. The number of aryl methyl sites for hydroxylation is 2. The van der Waals surface area contributed by atoms with Gasteiger partial charge in [0.25, 0.3) is 0 Å². The molecule has 0 aliphatic heterocycles. The third-order valence-electron chi connectivity index (χ3n) is 4.66. The lowest BCUT2D eigenvalue weighted by molar-refractivity contribution is 0.503. The molecular formula is C22H24N6. The summed E-state index contributed by atoms with van der Waals surface area (Å²) in [6.45, 7) is 1.89. The largest absolute Gasteiger partial charge is 0.272 e. The van der Waals surface area contributed by atoms with Crippen LogP contribution in [0.2, 0.25) is 0 Å². The average Bonchev–Trinajstić information content (AvgIpc) is 3.42. The third-order valence-corrected chi connectivity index (χ3v) is 4.66. The second kappa shape index (κ2) is 9.08. The number of unbranched alkanes of at least 4 members (excludes halogenated alkanes) is 3. The molecule has 0 amide bonds. The van der Waals surface area contributed by atoms with Crippen LogP contribution in [0, 0.1) is 0 Å². The van der Waals surface area contributed by atoms with Crippen LogP contribution in [0.5, 0.6) is 0 Å². The van der Waals surface area contributed by atoms with Gasteiger partial charge in [0.15, 0.2) is 0 Å². The van der Waals surface area contributed by atoms with E-state index in [9.17, 15) is 0 Å². The molecule has 0 aliphatic carbocycles. The van der Waals surface area contributed by atoms with Crippen LogP contribution in [-0.2, 0) is 13.1 Å². The number of aromatic nitrogens is 6. The van der Waals surface area contributed by atoms with Crippen molar-refractivity contribution in [2.45, 2.75) is 38.8 Å². The molecule has 142 valence electrons. The highest BCUT2D eigenvalue weighted by Gasteiger charge is 2.04. The van der Waals surface area contributed by atoms with Gasteiger partial charge in [0.2, 0.25) is 0 Å². The maximum absolute atomic E-state index is 4.61. The van der Waals surface area contributed by atoms with E-state index in [-0.39, 0.29) is 0 Å². The minimum Gasteiger partial charge on any atom is -0.272 e. The van der Waals surface area contributed by atoms with Gasteiger partial charge in [0.1, 0.15) is 11.4 Å². The summed E-state index contributed by atoms with van der Waals surface area (Å²) >= 11 is 0. The minimum atomic E-state index is 0.922. The highest BCUT2D eigenvalue weighted by molar-refractivity contribution is 5.53. The summed E-state index contributed by atoms with van der Waals surface area (Å²) in [5.74, 6) is 0. The second-order valence-electron chi connectivity index (χ2n) is 6.77. The van der Waals surface area contributed by atoms with Crippen molar-refractivity contribution < 1.29 is 0 Å². The molecule has 4 rings (SSSR count). The lowest BCUT2D eigenvalue weighted by atomic mass is 10.2. The number of pyridine rings is 2. The van der Waals surface area contributed by atoms with Crippen LogP contribution in [0.25, 0.3) is 22.8 Å². The third kappa shape index (κ3) is 4.71. The van der Waals surface area contributed by atoms with Crippen LogP contribution < -0.4 is 0 Å². The number of rotatable bonds is 9. The van der Waals surface area contributed by atoms with E-state index in [1.807, 2.05) is 70.3 Å². The Morgan fingerprint density at radius 2 is 1.04 bits per heavy atom. The summed E-state index contributed by atoms with van der Waals surface area (Å²) < 4.78 is 4.02. The lowest BCUT2D eigenvalue weighted by Gasteiger charge is -2.03. The summed E-state index contributed by atoms with van der Waals surface area (Å²) in [5, 5.41) is 9.22. The van der Waals surface area contributed by atoms with Gasteiger partial charge in [0.05, 0.1) is 11.4 Å². The number of hydrogen-bond donors (Lipinski definition) is 0. The Morgan fingerprint density at radius 3 is 1.46 bits per heavy atom.